The minimum atomic E-state index is -0.382. The van der Waals surface area contributed by atoms with Crippen molar-refractivity contribution in [2.45, 2.75) is 19.3 Å². The van der Waals surface area contributed by atoms with E-state index < -0.39 is 0 Å². The zero-order valence-electron chi connectivity index (χ0n) is 14.2. The van der Waals surface area contributed by atoms with Gasteiger partial charge in [0.1, 0.15) is 0 Å². The SMILES string of the molecule is COC(=O)CCCC(=O)Nc1cccc2c1C(=O)c1ccccc1C2=O. The molecule has 0 fully saturated rings. The minimum absolute atomic E-state index is 0.109. The number of rotatable bonds is 5. The summed E-state index contributed by atoms with van der Waals surface area (Å²) in [7, 11) is 1.29. The molecule has 2 aromatic carbocycles. The molecular formula is C20H17NO5. The lowest BCUT2D eigenvalue weighted by Crippen LogP contribution is -2.23. The number of amides is 1. The molecule has 3 rings (SSSR count). The van der Waals surface area contributed by atoms with Gasteiger partial charge in [0.2, 0.25) is 5.91 Å². The first-order valence-corrected chi connectivity index (χ1v) is 8.21. The molecule has 0 spiro atoms. The number of esters is 1. The molecule has 0 bridgehead atoms. The van der Waals surface area contributed by atoms with Crippen molar-refractivity contribution >= 4 is 29.1 Å². The number of nitrogens with one attached hydrogen (secondary N) is 1. The fourth-order valence-corrected chi connectivity index (χ4v) is 2.96. The molecule has 6 heteroatoms. The normalized spacial score (nSPS) is 12.2. The molecule has 0 saturated carbocycles. The maximum Gasteiger partial charge on any atom is 0.305 e. The first-order chi connectivity index (χ1) is 12.5. The van der Waals surface area contributed by atoms with Gasteiger partial charge in [-0.25, -0.2) is 0 Å². The topological polar surface area (TPSA) is 89.5 Å². The van der Waals surface area contributed by atoms with Crippen LogP contribution in [0, 0.1) is 0 Å². The molecule has 1 N–H and O–H groups in total. The Morgan fingerprint density at radius 1 is 0.885 bits per heavy atom. The molecule has 0 unspecified atom stereocenters. The summed E-state index contributed by atoms with van der Waals surface area (Å²) >= 11 is 0. The predicted octanol–water partition coefficient (Wildman–Crippen LogP) is 2.74. The summed E-state index contributed by atoms with van der Waals surface area (Å²) < 4.78 is 4.53. The van der Waals surface area contributed by atoms with Gasteiger partial charge in [-0.1, -0.05) is 36.4 Å². The van der Waals surface area contributed by atoms with Gasteiger partial charge in [0.25, 0.3) is 0 Å². The van der Waals surface area contributed by atoms with Crippen LogP contribution in [0.4, 0.5) is 5.69 Å². The third-order valence-electron chi connectivity index (χ3n) is 4.24. The van der Waals surface area contributed by atoms with Crippen LogP contribution < -0.4 is 5.32 Å². The molecule has 0 saturated heterocycles. The van der Waals surface area contributed by atoms with Gasteiger partial charge in [0, 0.05) is 29.5 Å². The van der Waals surface area contributed by atoms with Crippen LogP contribution in [0.15, 0.2) is 42.5 Å². The minimum Gasteiger partial charge on any atom is -0.469 e. The average Bonchev–Trinajstić information content (AvgIpc) is 2.65. The smallest absolute Gasteiger partial charge is 0.305 e. The quantitative estimate of drug-likeness (QED) is 0.714. The Bertz CT molecular complexity index is 916. The summed E-state index contributed by atoms with van der Waals surface area (Å²) in [6.07, 6.45) is 0.586. The molecule has 1 amide bonds. The van der Waals surface area contributed by atoms with E-state index in [2.05, 4.69) is 10.1 Å². The Kier molecular flexibility index (Phi) is 4.93. The second kappa shape index (κ2) is 7.31. The number of hydrogen-bond donors (Lipinski definition) is 1. The van der Waals surface area contributed by atoms with Crippen LogP contribution in [0.1, 0.15) is 51.1 Å². The van der Waals surface area contributed by atoms with E-state index in [1.165, 1.54) is 7.11 Å². The number of ether oxygens (including phenoxy) is 1. The molecule has 0 heterocycles. The highest BCUT2D eigenvalue weighted by Gasteiger charge is 2.31. The van der Waals surface area contributed by atoms with Crippen molar-refractivity contribution < 1.29 is 23.9 Å². The van der Waals surface area contributed by atoms with E-state index in [1.807, 2.05) is 0 Å². The van der Waals surface area contributed by atoms with Gasteiger partial charge in [-0.15, -0.1) is 0 Å². The third-order valence-corrected chi connectivity index (χ3v) is 4.24. The maximum atomic E-state index is 12.8. The van der Waals surface area contributed by atoms with Gasteiger partial charge in [-0.3, -0.25) is 19.2 Å². The summed E-state index contributed by atoms with van der Waals surface area (Å²) in [4.78, 5) is 48.7. The van der Waals surface area contributed by atoms with E-state index in [1.54, 1.807) is 42.5 Å². The first-order valence-electron chi connectivity index (χ1n) is 8.21. The highest BCUT2D eigenvalue weighted by Crippen LogP contribution is 2.31. The van der Waals surface area contributed by atoms with Gasteiger partial charge in [-0.2, -0.15) is 0 Å². The number of anilines is 1. The van der Waals surface area contributed by atoms with Crippen LogP contribution in [0.2, 0.25) is 0 Å². The Labute approximate surface area is 150 Å². The summed E-state index contributed by atoms with van der Waals surface area (Å²) in [5, 5.41) is 2.68. The predicted molar refractivity (Wildman–Crippen MR) is 94.2 cm³/mol. The van der Waals surface area contributed by atoms with E-state index in [0.29, 0.717) is 23.2 Å². The van der Waals surface area contributed by atoms with Crippen molar-refractivity contribution in [1.29, 1.82) is 0 Å². The number of ketones is 2. The summed E-state index contributed by atoms with van der Waals surface area (Å²) in [5.74, 6) is -1.24. The molecule has 1 aliphatic rings. The molecule has 1 aliphatic carbocycles. The molecule has 26 heavy (non-hydrogen) atoms. The number of hydrogen-bond acceptors (Lipinski definition) is 5. The lowest BCUT2D eigenvalue weighted by atomic mass is 9.83. The fourth-order valence-electron chi connectivity index (χ4n) is 2.96. The first kappa shape index (κ1) is 17.5. The average molecular weight is 351 g/mol. The molecule has 0 aromatic heterocycles. The molecule has 0 radical (unpaired) electrons. The molecule has 0 atom stereocenters. The van der Waals surface area contributed by atoms with Crippen LogP contribution in [-0.4, -0.2) is 30.6 Å². The largest absolute Gasteiger partial charge is 0.469 e. The zero-order chi connectivity index (χ0) is 18.7. The van der Waals surface area contributed by atoms with E-state index in [4.69, 9.17) is 0 Å². The molecule has 6 nitrogen and oxygen atoms in total. The number of methoxy groups -OCH3 is 1. The summed E-state index contributed by atoms with van der Waals surface area (Å²) in [6, 6.07) is 11.4. The van der Waals surface area contributed by atoms with Crippen molar-refractivity contribution in [3.63, 3.8) is 0 Å². The van der Waals surface area contributed by atoms with Crippen LogP contribution in [-0.2, 0) is 14.3 Å². The summed E-state index contributed by atoms with van der Waals surface area (Å²) in [5.41, 5.74) is 1.49. The van der Waals surface area contributed by atoms with Crippen LogP contribution in [0.5, 0.6) is 0 Å². The Morgan fingerprint density at radius 2 is 1.54 bits per heavy atom. The standard InChI is InChI=1S/C20H17NO5/c1-26-17(23)11-5-10-16(22)21-15-9-4-8-14-18(15)20(25)13-7-3-2-6-12(13)19(14)24/h2-4,6-9H,5,10-11H2,1H3,(H,21,22). The van der Waals surface area contributed by atoms with Crippen molar-refractivity contribution in [1.82, 2.24) is 0 Å². The van der Waals surface area contributed by atoms with Crippen molar-refractivity contribution in [2.24, 2.45) is 0 Å². The molecular weight excluding hydrogens is 334 g/mol. The van der Waals surface area contributed by atoms with Gasteiger partial charge in [0.05, 0.1) is 18.4 Å². The fraction of sp³-hybridized carbons (Fsp3) is 0.200. The zero-order valence-corrected chi connectivity index (χ0v) is 14.2. The van der Waals surface area contributed by atoms with Gasteiger partial charge < -0.3 is 10.1 Å². The highest BCUT2D eigenvalue weighted by atomic mass is 16.5. The van der Waals surface area contributed by atoms with E-state index in [0.717, 1.165) is 0 Å². The van der Waals surface area contributed by atoms with Crippen molar-refractivity contribution in [2.75, 3.05) is 12.4 Å². The number of benzene rings is 2. The Balaban J connectivity index is 1.83. The Morgan fingerprint density at radius 3 is 2.23 bits per heavy atom. The molecule has 2 aromatic rings. The maximum absolute atomic E-state index is 12.8. The van der Waals surface area contributed by atoms with Gasteiger partial charge >= 0.3 is 5.97 Å². The molecule has 0 aliphatic heterocycles. The Hall–Kier alpha value is -3.28. The lowest BCUT2D eigenvalue weighted by molar-refractivity contribution is -0.140. The second-order valence-corrected chi connectivity index (χ2v) is 5.91. The lowest BCUT2D eigenvalue weighted by Gasteiger charge is -2.20. The van der Waals surface area contributed by atoms with Crippen LogP contribution >= 0.6 is 0 Å². The third kappa shape index (κ3) is 3.26. The second-order valence-electron chi connectivity index (χ2n) is 5.91. The van der Waals surface area contributed by atoms with Crippen molar-refractivity contribution in [3.8, 4) is 0 Å². The monoisotopic (exact) mass is 351 g/mol. The van der Waals surface area contributed by atoms with E-state index in [9.17, 15) is 19.2 Å². The summed E-state index contributed by atoms with van der Waals surface area (Å²) in [6.45, 7) is 0. The van der Waals surface area contributed by atoms with Crippen LogP contribution in [0.25, 0.3) is 0 Å². The van der Waals surface area contributed by atoms with Crippen LogP contribution in [0.3, 0.4) is 0 Å². The van der Waals surface area contributed by atoms with E-state index in [-0.39, 0.29) is 47.4 Å². The van der Waals surface area contributed by atoms with Gasteiger partial charge in [-0.05, 0) is 12.5 Å². The van der Waals surface area contributed by atoms with E-state index >= 15 is 0 Å². The van der Waals surface area contributed by atoms with Gasteiger partial charge in [0.15, 0.2) is 11.6 Å². The molecule has 132 valence electrons. The highest BCUT2D eigenvalue weighted by molar-refractivity contribution is 6.30. The number of carbonyl (C=O) groups excluding carboxylic acids is 4. The van der Waals surface area contributed by atoms with Crippen molar-refractivity contribution in [3.05, 3.63) is 64.7 Å². The number of carbonyl (C=O) groups is 4. The number of fused-ring (bicyclic) bond motifs is 2.